The zero-order valence-electron chi connectivity index (χ0n) is 6.50. The van der Waals surface area contributed by atoms with Gasteiger partial charge in [0.15, 0.2) is 0 Å². The third-order valence-corrected chi connectivity index (χ3v) is 2.00. The van der Waals surface area contributed by atoms with Crippen molar-refractivity contribution in [3.63, 3.8) is 0 Å². The van der Waals surface area contributed by atoms with E-state index in [-0.39, 0.29) is 0 Å². The van der Waals surface area contributed by atoms with Crippen LogP contribution in [-0.2, 0) is 0 Å². The summed E-state index contributed by atoms with van der Waals surface area (Å²) in [5, 5.41) is 19.8. The highest BCUT2D eigenvalue weighted by Gasteiger charge is 2.37. The number of hydrogen-bond acceptors (Lipinski definition) is 2. The van der Waals surface area contributed by atoms with Crippen molar-refractivity contribution in [2.24, 2.45) is 5.92 Å². The maximum atomic E-state index is 10.0. The van der Waals surface area contributed by atoms with E-state index in [4.69, 9.17) is 5.11 Å². The van der Waals surface area contributed by atoms with Gasteiger partial charge in [-0.05, 0) is 25.7 Å². The predicted octanol–water partition coefficient (Wildman–Crippen LogP) is 0.415. The van der Waals surface area contributed by atoms with E-state index in [1.54, 1.807) is 6.92 Å². The van der Waals surface area contributed by atoms with Crippen molar-refractivity contribution in [1.82, 2.24) is 5.32 Å². The molecule has 1 aliphatic carbocycles. The Hall–Kier alpha value is -0.770. The van der Waals surface area contributed by atoms with E-state index in [2.05, 4.69) is 5.32 Å². The standard InChI is InChI=1S/C7H13NO3/c1-7(11)2-5(3-7)4-8-6(9)10/h5,8,11H,2-4H2,1H3,(H,9,10). The Morgan fingerprint density at radius 2 is 2.27 bits per heavy atom. The number of aliphatic hydroxyl groups is 1. The van der Waals surface area contributed by atoms with E-state index in [0.29, 0.717) is 25.3 Å². The van der Waals surface area contributed by atoms with Gasteiger partial charge in [-0.2, -0.15) is 0 Å². The molecule has 1 fully saturated rings. The van der Waals surface area contributed by atoms with Gasteiger partial charge in [-0.25, -0.2) is 4.79 Å². The smallest absolute Gasteiger partial charge is 0.404 e. The quantitative estimate of drug-likeness (QED) is 0.546. The monoisotopic (exact) mass is 159 g/mol. The summed E-state index contributed by atoms with van der Waals surface area (Å²) in [4.78, 5) is 10.0. The summed E-state index contributed by atoms with van der Waals surface area (Å²) in [6, 6.07) is 0. The van der Waals surface area contributed by atoms with Crippen LogP contribution in [0.1, 0.15) is 19.8 Å². The van der Waals surface area contributed by atoms with Crippen LogP contribution in [0.5, 0.6) is 0 Å². The van der Waals surface area contributed by atoms with Crippen LogP contribution in [0.25, 0.3) is 0 Å². The van der Waals surface area contributed by atoms with Crippen molar-refractivity contribution in [3.8, 4) is 0 Å². The third-order valence-electron chi connectivity index (χ3n) is 2.00. The predicted molar refractivity (Wildman–Crippen MR) is 39.4 cm³/mol. The number of rotatable bonds is 2. The lowest BCUT2D eigenvalue weighted by Gasteiger charge is -2.40. The molecule has 64 valence electrons. The van der Waals surface area contributed by atoms with E-state index in [1.165, 1.54) is 0 Å². The first-order chi connectivity index (χ1) is 4.99. The molecule has 1 rings (SSSR count). The Labute approximate surface area is 65.2 Å². The first-order valence-electron chi connectivity index (χ1n) is 3.69. The molecule has 0 heterocycles. The summed E-state index contributed by atoms with van der Waals surface area (Å²) < 4.78 is 0. The highest BCUT2D eigenvalue weighted by Crippen LogP contribution is 2.36. The average molecular weight is 159 g/mol. The minimum atomic E-state index is -0.989. The molecule has 4 nitrogen and oxygen atoms in total. The molecule has 0 spiro atoms. The van der Waals surface area contributed by atoms with Crippen LogP contribution in [0.2, 0.25) is 0 Å². The lowest BCUT2D eigenvalue weighted by atomic mass is 9.72. The fourth-order valence-corrected chi connectivity index (χ4v) is 1.56. The molecule has 1 saturated carbocycles. The van der Waals surface area contributed by atoms with Crippen LogP contribution in [0.3, 0.4) is 0 Å². The molecule has 0 aromatic heterocycles. The number of hydrogen-bond donors (Lipinski definition) is 3. The van der Waals surface area contributed by atoms with Gasteiger partial charge < -0.3 is 15.5 Å². The first-order valence-corrected chi connectivity index (χ1v) is 3.69. The van der Waals surface area contributed by atoms with Crippen LogP contribution in [0.15, 0.2) is 0 Å². The van der Waals surface area contributed by atoms with Gasteiger partial charge in [0.1, 0.15) is 0 Å². The number of carbonyl (C=O) groups is 1. The molecule has 0 radical (unpaired) electrons. The summed E-state index contributed by atoms with van der Waals surface area (Å²) in [5.74, 6) is 0.320. The van der Waals surface area contributed by atoms with E-state index in [1.807, 2.05) is 0 Å². The van der Waals surface area contributed by atoms with Gasteiger partial charge in [-0.1, -0.05) is 0 Å². The molecule has 11 heavy (non-hydrogen) atoms. The second kappa shape index (κ2) is 2.70. The molecule has 1 aliphatic rings. The molecule has 0 aliphatic heterocycles. The Morgan fingerprint density at radius 1 is 1.73 bits per heavy atom. The molecule has 0 atom stereocenters. The number of amides is 1. The molecule has 0 aromatic rings. The van der Waals surface area contributed by atoms with E-state index >= 15 is 0 Å². The average Bonchev–Trinajstić information content (AvgIpc) is 1.78. The summed E-state index contributed by atoms with van der Waals surface area (Å²) in [6.07, 6.45) is 0.414. The molecule has 0 bridgehead atoms. The minimum Gasteiger partial charge on any atom is -0.465 e. The van der Waals surface area contributed by atoms with Crippen LogP contribution in [-0.4, -0.2) is 28.5 Å². The van der Waals surface area contributed by atoms with Gasteiger partial charge in [0.25, 0.3) is 0 Å². The van der Waals surface area contributed by atoms with Crippen molar-refractivity contribution >= 4 is 6.09 Å². The van der Waals surface area contributed by atoms with Gasteiger partial charge in [-0.3, -0.25) is 0 Å². The van der Waals surface area contributed by atoms with Crippen molar-refractivity contribution in [1.29, 1.82) is 0 Å². The van der Waals surface area contributed by atoms with Crippen molar-refractivity contribution in [3.05, 3.63) is 0 Å². The normalized spacial score (nSPS) is 36.0. The van der Waals surface area contributed by atoms with Crippen LogP contribution in [0.4, 0.5) is 4.79 Å². The Balaban J connectivity index is 2.09. The zero-order valence-corrected chi connectivity index (χ0v) is 6.50. The Bertz CT molecular complexity index is 159. The van der Waals surface area contributed by atoms with Crippen LogP contribution < -0.4 is 5.32 Å². The van der Waals surface area contributed by atoms with Crippen LogP contribution in [0, 0.1) is 5.92 Å². The summed E-state index contributed by atoms with van der Waals surface area (Å²) in [6.45, 7) is 2.23. The third kappa shape index (κ3) is 2.38. The second-order valence-corrected chi connectivity index (χ2v) is 3.46. The van der Waals surface area contributed by atoms with E-state index in [0.717, 1.165) is 0 Å². The number of carboxylic acid groups (broad SMARTS) is 1. The van der Waals surface area contributed by atoms with Gasteiger partial charge in [0.05, 0.1) is 5.60 Å². The molecule has 0 saturated heterocycles. The maximum Gasteiger partial charge on any atom is 0.404 e. The summed E-state index contributed by atoms with van der Waals surface area (Å²) in [5.41, 5.74) is -0.551. The van der Waals surface area contributed by atoms with Gasteiger partial charge in [0.2, 0.25) is 0 Å². The van der Waals surface area contributed by atoms with Crippen molar-refractivity contribution in [2.45, 2.75) is 25.4 Å². The lowest BCUT2D eigenvalue weighted by molar-refractivity contribution is -0.0556. The SMILES string of the molecule is CC1(O)CC(CNC(=O)O)C1. The maximum absolute atomic E-state index is 10.0. The minimum absolute atomic E-state index is 0.320. The molecular weight excluding hydrogens is 146 g/mol. The molecule has 0 aromatic carbocycles. The van der Waals surface area contributed by atoms with Crippen molar-refractivity contribution < 1.29 is 15.0 Å². The largest absolute Gasteiger partial charge is 0.465 e. The first kappa shape index (κ1) is 8.33. The fraction of sp³-hybridized carbons (Fsp3) is 0.857. The van der Waals surface area contributed by atoms with E-state index < -0.39 is 11.7 Å². The molecule has 0 unspecified atom stereocenters. The van der Waals surface area contributed by atoms with Gasteiger partial charge >= 0.3 is 6.09 Å². The fourth-order valence-electron chi connectivity index (χ4n) is 1.56. The Morgan fingerprint density at radius 3 is 2.64 bits per heavy atom. The van der Waals surface area contributed by atoms with E-state index in [9.17, 15) is 9.90 Å². The summed E-state index contributed by atoms with van der Waals surface area (Å²) in [7, 11) is 0. The highest BCUT2D eigenvalue weighted by atomic mass is 16.4. The van der Waals surface area contributed by atoms with Gasteiger partial charge in [-0.15, -0.1) is 0 Å². The number of nitrogens with one attached hydrogen (secondary N) is 1. The molecule has 1 amide bonds. The Kier molecular flexibility index (Phi) is 2.04. The zero-order chi connectivity index (χ0) is 8.48. The molecule has 4 heteroatoms. The molecule has 3 N–H and O–H groups in total. The van der Waals surface area contributed by atoms with Gasteiger partial charge in [0, 0.05) is 6.54 Å². The topological polar surface area (TPSA) is 69.6 Å². The summed E-state index contributed by atoms with van der Waals surface area (Å²) >= 11 is 0. The highest BCUT2D eigenvalue weighted by molar-refractivity contribution is 5.64. The molecular formula is C7H13NO3. The van der Waals surface area contributed by atoms with Crippen LogP contribution >= 0.6 is 0 Å². The van der Waals surface area contributed by atoms with Crippen molar-refractivity contribution in [2.75, 3.05) is 6.54 Å². The second-order valence-electron chi connectivity index (χ2n) is 3.46. The lowest BCUT2D eigenvalue weighted by Crippen LogP contribution is -2.45.